The first-order valence-electron chi connectivity index (χ1n) is 10.1. The van der Waals surface area contributed by atoms with E-state index in [0.717, 1.165) is 29.1 Å². The molecule has 0 atom stereocenters. The van der Waals surface area contributed by atoms with E-state index < -0.39 is 5.92 Å². The summed E-state index contributed by atoms with van der Waals surface area (Å²) in [6, 6.07) is 9.51. The van der Waals surface area contributed by atoms with Crippen LogP contribution in [0.3, 0.4) is 0 Å². The van der Waals surface area contributed by atoms with E-state index in [4.69, 9.17) is 4.74 Å². The molecule has 1 saturated heterocycles. The Morgan fingerprint density at radius 1 is 1.14 bits per heavy atom. The molecule has 0 radical (unpaired) electrons. The van der Waals surface area contributed by atoms with Gasteiger partial charge in [-0.15, -0.1) is 5.10 Å². The highest BCUT2D eigenvalue weighted by Crippen LogP contribution is 2.33. The molecule has 2 fully saturated rings. The third-order valence-electron chi connectivity index (χ3n) is 5.66. The minimum absolute atomic E-state index is 0.101. The minimum atomic E-state index is -2.54. The minimum Gasteiger partial charge on any atom is -0.439 e. The summed E-state index contributed by atoms with van der Waals surface area (Å²) in [6.45, 7) is 2.20. The number of halogens is 2. The SMILES string of the molecule is FC1(F)CCN(Cc2cccnc2Oc2ccc3c(c2)nnn3CC2CC2)CC1. The molecular weight excluding hydrogens is 376 g/mol. The van der Waals surface area contributed by atoms with Gasteiger partial charge in [-0.25, -0.2) is 18.4 Å². The smallest absolute Gasteiger partial charge is 0.250 e. The number of nitrogens with zero attached hydrogens (tertiary/aromatic N) is 5. The van der Waals surface area contributed by atoms with Crippen molar-refractivity contribution in [2.75, 3.05) is 13.1 Å². The molecule has 0 N–H and O–H groups in total. The van der Waals surface area contributed by atoms with Gasteiger partial charge in [-0.05, 0) is 37.0 Å². The Balaban J connectivity index is 1.31. The molecule has 8 heteroatoms. The molecule has 1 aliphatic heterocycles. The molecule has 0 spiro atoms. The van der Waals surface area contributed by atoms with E-state index >= 15 is 0 Å². The summed E-state index contributed by atoms with van der Waals surface area (Å²) in [5.41, 5.74) is 2.67. The quantitative estimate of drug-likeness (QED) is 0.620. The van der Waals surface area contributed by atoms with Gasteiger partial charge in [-0.3, -0.25) is 4.90 Å². The Labute approximate surface area is 167 Å². The Morgan fingerprint density at radius 2 is 1.97 bits per heavy atom. The van der Waals surface area contributed by atoms with Crippen LogP contribution in [0.5, 0.6) is 11.6 Å². The van der Waals surface area contributed by atoms with Gasteiger partial charge in [0.1, 0.15) is 11.3 Å². The van der Waals surface area contributed by atoms with Crippen molar-refractivity contribution >= 4 is 11.0 Å². The lowest BCUT2D eigenvalue weighted by Gasteiger charge is -2.31. The van der Waals surface area contributed by atoms with Crippen LogP contribution in [0.2, 0.25) is 0 Å². The number of likely N-dealkylation sites (tertiary alicyclic amines) is 1. The maximum atomic E-state index is 13.4. The number of alkyl halides is 2. The van der Waals surface area contributed by atoms with E-state index in [1.165, 1.54) is 12.8 Å². The molecule has 2 aromatic heterocycles. The van der Waals surface area contributed by atoms with Gasteiger partial charge >= 0.3 is 0 Å². The number of rotatable bonds is 6. The number of piperidine rings is 1. The zero-order valence-electron chi connectivity index (χ0n) is 16.1. The third kappa shape index (κ3) is 4.22. The van der Waals surface area contributed by atoms with Gasteiger partial charge in [-0.1, -0.05) is 11.3 Å². The Kier molecular flexibility index (Phi) is 4.66. The lowest BCUT2D eigenvalue weighted by atomic mass is 10.1. The number of hydrogen-bond donors (Lipinski definition) is 0. The molecule has 1 aliphatic carbocycles. The van der Waals surface area contributed by atoms with Crippen molar-refractivity contribution in [3.8, 4) is 11.6 Å². The zero-order valence-corrected chi connectivity index (χ0v) is 16.1. The summed E-state index contributed by atoms with van der Waals surface area (Å²) in [5.74, 6) is -0.686. The number of aromatic nitrogens is 4. The second-order valence-electron chi connectivity index (χ2n) is 8.07. The maximum absolute atomic E-state index is 13.4. The molecule has 1 saturated carbocycles. The van der Waals surface area contributed by atoms with Gasteiger partial charge in [0, 0.05) is 56.8 Å². The van der Waals surface area contributed by atoms with E-state index in [9.17, 15) is 8.78 Å². The standard InChI is InChI=1S/C21H23F2N5O/c22-21(23)7-10-27(11-8-21)14-16-2-1-9-24-20(16)29-17-5-6-19-18(12-17)25-26-28(19)13-15-3-4-15/h1-2,5-6,9,12,15H,3-4,7-8,10-11,13-14H2. The van der Waals surface area contributed by atoms with E-state index in [0.29, 0.717) is 31.3 Å². The second kappa shape index (κ2) is 7.33. The zero-order chi connectivity index (χ0) is 19.8. The highest BCUT2D eigenvalue weighted by atomic mass is 19.3. The number of hydrogen-bond acceptors (Lipinski definition) is 5. The van der Waals surface area contributed by atoms with Crippen molar-refractivity contribution in [3.63, 3.8) is 0 Å². The first kappa shape index (κ1) is 18.4. The lowest BCUT2D eigenvalue weighted by molar-refractivity contribution is -0.0567. The fourth-order valence-corrected chi connectivity index (χ4v) is 3.72. The molecule has 3 heterocycles. The fourth-order valence-electron chi connectivity index (χ4n) is 3.72. The Hall–Kier alpha value is -2.61. The van der Waals surface area contributed by atoms with Crippen LogP contribution in [0, 0.1) is 5.92 Å². The van der Waals surface area contributed by atoms with Crippen LogP contribution in [0.1, 0.15) is 31.2 Å². The number of fused-ring (bicyclic) bond motifs is 1. The fraction of sp³-hybridized carbons (Fsp3) is 0.476. The first-order valence-corrected chi connectivity index (χ1v) is 10.1. The van der Waals surface area contributed by atoms with Crippen molar-refractivity contribution in [3.05, 3.63) is 42.1 Å². The number of pyridine rings is 1. The average molecular weight is 399 g/mol. The maximum Gasteiger partial charge on any atom is 0.250 e. The molecule has 6 nitrogen and oxygen atoms in total. The van der Waals surface area contributed by atoms with Crippen LogP contribution >= 0.6 is 0 Å². The molecule has 29 heavy (non-hydrogen) atoms. The average Bonchev–Trinajstić information content (AvgIpc) is 3.44. The predicted molar refractivity (Wildman–Crippen MR) is 104 cm³/mol. The first-order chi connectivity index (χ1) is 14.1. The summed E-state index contributed by atoms with van der Waals surface area (Å²) in [4.78, 5) is 6.38. The Morgan fingerprint density at radius 3 is 2.76 bits per heavy atom. The summed E-state index contributed by atoms with van der Waals surface area (Å²) in [6.07, 6.45) is 4.00. The van der Waals surface area contributed by atoms with E-state index in [1.54, 1.807) is 6.20 Å². The van der Waals surface area contributed by atoms with Gasteiger partial charge in [0.15, 0.2) is 0 Å². The van der Waals surface area contributed by atoms with Crippen LogP contribution in [-0.4, -0.2) is 43.9 Å². The van der Waals surface area contributed by atoms with Crippen LogP contribution in [0.4, 0.5) is 8.78 Å². The summed E-state index contributed by atoms with van der Waals surface area (Å²) in [5, 5.41) is 8.52. The van der Waals surface area contributed by atoms with Gasteiger partial charge < -0.3 is 4.74 Å². The van der Waals surface area contributed by atoms with E-state index in [2.05, 4.69) is 15.3 Å². The van der Waals surface area contributed by atoms with Crippen molar-refractivity contribution in [2.24, 2.45) is 5.92 Å². The molecule has 0 unspecified atom stereocenters. The van der Waals surface area contributed by atoms with Gasteiger partial charge in [0.05, 0.1) is 5.52 Å². The molecule has 2 aliphatic rings. The normalized spacial score (nSPS) is 19.5. The van der Waals surface area contributed by atoms with E-state index in [1.807, 2.05) is 39.9 Å². The van der Waals surface area contributed by atoms with Crippen LogP contribution in [0.25, 0.3) is 11.0 Å². The van der Waals surface area contributed by atoms with Crippen molar-refractivity contribution < 1.29 is 13.5 Å². The van der Waals surface area contributed by atoms with Crippen molar-refractivity contribution in [1.82, 2.24) is 24.9 Å². The van der Waals surface area contributed by atoms with Crippen LogP contribution < -0.4 is 4.74 Å². The van der Waals surface area contributed by atoms with Crippen LogP contribution in [-0.2, 0) is 13.1 Å². The molecule has 1 aromatic carbocycles. The molecular formula is C21H23F2N5O. The molecule has 5 rings (SSSR count). The van der Waals surface area contributed by atoms with Gasteiger partial charge in [0.2, 0.25) is 5.88 Å². The largest absolute Gasteiger partial charge is 0.439 e. The highest BCUT2D eigenvalue weighted by molar-refractivity contribution is 5.76. The highest BCUT2D eigenvalue weighted by Gasteiger charge is 2.34. The summed E-state index contributed by atoms with van der Waals surface area (Å²) < 4.78 is 34.8. The van der Waals surface area contributed by atoms with Crippen molar-refractivity contribution in [2.45, 2.75) is 44.7 Å². The number of ether oxygens (including phenoxy) is 1. The summed E-state index contributed by atoms with van der Waals surface area (Å²) >= 11 is 0. The monoisotopic (exact) mass is 399 g/mol. The topological polar surface area (TPSA) is 56.1 Å². The van der Waals surface area contributed by atoms with Gasteiger partial charge in [-0.2, -0.15) is 0 Å². The molecule has 3 aromatic rings. The van der Waals surface area contributed by atoms with Crippen molar-refractivity contribution in [1.29, 1.82) is 0 Å². The molecule has 0 bridgehead atoms. The van der Waals surface area contributed by atoms with Crippen LogP contribution in [0.15, 0.2) is 36.5 Å². The van der Waals surface area contributed by atoms with Gasteiger partial charge in [0.25, 0.3) is 5.92 Å². The third-order valence-corrected chi connectivity index (χ3v) is 5.66. The summed E-state index contributed by atoms with van der Waals surface area (Å²) in [7, 11) is 0. The lowest BCUT2D eigenvalue weighted by Crippen LogP contribution is -2.38. The van der Waals surface area contributed by atoms with E-state index in [-0.39, 0.29) is 12.8 Å². The second-order valence-corrected chi connectivity index (χ2v) is 8.07. The Bertz CT molecular complexity index is 1010. The predicted octanol–water partition coefficient (Wildman–Crippen LogP) is 4.26. The molecule has 152 valence electrons. The molecule has 0 amide bonds. The number of benzene rings is 1.